The Hall–Kier alpha value is -5.92. The summed E-state index contributed by atoms with van der Waals surface area (Å²) < 4.78 is 0. The number of fused-ring (bicyclic) bond motifs is 2. The Morgan fingerprint density at radius 1 is 0.457 bits per heavy atom. The highest BCUT2D eigenvalue weighted by Gasteiger charge is 2.18. The second-order valence-corrected chi connectivity index (χ2v) is 11.7. The standard InChI is InChI=1S/C45H33N/c1-3-15-37(16-4-1)45(43-23-11-17-35-13-7-9-21-41(35)43)38-27-25-33(26-28-38)34-29-31-40(32-30-34)46(39-19-5-2-6-20-39)44-24-12-18-36-14-8-10-22-42(36)44/h1-22,24-32H,23H2. The van der Waals surface area contributed by atoms with Gasteiger partial charge in [-0.3, -0.25) is 0 Å². The minimum atomic E-state index is 0.916. The number of nitrogens with zero attached hydrogens (tertiary/aromatic N) is 1. The van der Waals surface area contributed by atoms with Gasteiger partial charge >= 0.3 is 0 Å². The second-order valence-electron chi connectivity index (χ2n) is 11.7. The Kier molecular flexibility index (Phi) is 7.34. The first kappa shape index (κ1) is 27.6. The van der Waals surface area contributed by atoms with E-state index in [0.717, 1.165) is 17.8 Å². The largest absolute Gasteiger partial charge is 0.310 e. The van der Waals surface area contributed by atoms with Crippen LogP contribution in [0, 0.1) is 0 Å². The highest BCUT2D eigenvalue weighted by atomic mass is 15.1. The van der Waals surface area contributed by atoms with Crippen LogP contribution in [0.5, 0.6) is 0 Å². The highest BCUT2D eigenvalue weighted by Crippen LogP contribution is 2.41. The predicted molar refractivity (Wildman–Crippen MR) is 197 cm³/mol. The van der Waals surface area contributed by atoms with Gasteiger partial charge in [-0.15, -0.1) is 0 Å². The normalized spacial score (nSPS) is 13.3. The third-order valence-electron chi connectivity index (χ3n) is 8.92. The van der Waals surface area contributed by atoms with Gasteiger partial charge in [-0.25, -0.2) is 0 Å². The molecule has 0 atom stereocenters. The maximum absolute atomic E-state index is 2.35. The van der Waals surface area contributed by atoms with Gasteiger partial charge in [0.25, 0.3) is 0 Å². The fourth-order valence-electron chi connectivity index (χ4n) is 6.73. The van der Waals surface area contributed by atoms with Crippen LogP contribution in [0.2, 0.25) is 0 Å². The summed E-state index contributed by atoms with van der Waals surface area (Å²) in [5, 5.41) is 2.46. The van der Waals surface area contributed by atoms with Crippen LogP contribution in [0.1, 0.15) is 28.7 Å². The van der Waals surface area contributed by atoms with E-state index in [4.69, 9.17) is 0 Å². The lowest BCUT2D eigenvalue weighted by molar-refractivity contribution is 1.30. The molecule has 7 aromatic rings. The number of anilines is 3. The Morgan fingerprint density at radius 2 is 1.04 bits per heavy atom. The van der Waals surface area contributed by atoms with E-state index in [2.05, 4.69) is 193 Å². The lowest BCUT2D eigenvalue weighted by Gasteiger charge is -2.27. The minimum Gasteiger partial charge on any atom is -0.310 e. The first-order valence-electron chi connectivity index (χ1n) is 15.9. The molecule has 1 aliphatic rings. The molecule has 0 saturated carbocycles. The van der Waals surface area contributed by atoms with E-state index in [9.17, 15) is 0 Å². The summed E-state index contributed by atoms with van der Waals surface area (Å²) >= 11 is 0. The third kappa shape index (κ3) is 5.23. The van der Waals surface area contributed by atoms with Gasteiger partial charge < -0.3 is 4.90 Å². The molecule has 0 aromatic heterocycles. The summed E-state index contributed by atoms with van der Waals surface area (Å²) in [4.78, 5) is 2.35. The molecule has 1 nitrogen and oxygen atoms in total. The number of allylic oxidation sites excluding steroid dienone is 2. The molecule has 0 N–H and O–H groups in total. The summed E-state index contributed by atoms with van der Waals surface area (Å²) in [6, 6.07) is 63.3. The first-order chi connectivity index (χ1) is 22.8. The Labute approximate surface area is 271 Å². The monoisotopic (exact) mass is 587 g/mol. The number of rotatable bonds is 6. The minimum absolute atomic E-state index is 0.916. The maximum Gasteiger partial charge on any atom is 0.0540 e. The van der Waals surface area contributed by atoms with Crippen molar-refractivity contribution in [1.82, 2.24) is 0 Å². The van der Waals surface area contributed by atoms with Crippen molar-refractivity contribution in [1.29, 1.82) is 0 Å². The van der Waals surface area contributed by atoms with E-state index in [1.54, 1.807) is 0 Å². The third-order valence-corrected chi connectivity index (χ3v) is 8.92. The lowest BCUT2D eigenvalue weighted by Crippen LogP contribution is -2.10. The van der Waals surface area contributed by atoms with E-state index >= 15 is 0 Å². The van der Waals surface area contributed by atoms with Crippen LogP contribution in [0.15, 0.2) is 182 Å². The van der Waals surface area contributed by atoms with Crippen LogP contribution in [0.3, 0.4) is 0 Å². The van der Waals surface area contributed by atoms with Gasteiger partial charge in [0.1, 0.15) is 0 Å². The highest BCUT2D eigenvalue weighted by molar-refractivity contribution is 6.02. The van der Waals surface area contributed by atoms with E-state index in [0.29, 0.717) is 0 Å². The second kappa shape index (κ2) is 12.2. The molecule has 218 valence electrons. The zero-order valence-electron chi connectivity index (χ0n) is 25.6. The van der Waals surface area contributed by atoms with E-state index in [-0.39, 0.29) is 0 Å². The molecule has 0 unspecified atom stereocenters. The van der Waals surface area contributed by atoms with Gasteiger partial charge in [-0.1, -0.05) is 158 Å². The molecule has 0 aliphatic heterocycles. The molecule has 0 amide bonds. The van der Waals surface area contributed by atoms with Gasteiger partial charge in [-0.05, 0) is 86.7 Å². The van der Waals surface area contributed by atoms with Gasteiger partial charge in [0.15, 0.2) is 0 Å². The van der Waals surface area contributed by atoms with Crippen molar-refractivity contribution >= 4 is 45.1 Å². The summed E-state index contributed by atoms with van der Waals surface area (Å²) in [6.07, 6.45) is 5.44. The summed E-state index contributed by atoms with van der Waals surface area (Å²) in [7, 11) is 0. The Morgan fingerprint density at radius 3 is 1.83 bits per heavy atom. The number of para-hydroxylation sites is 1. The van der Waals surface area contributed by atoms with Crippen molar-refractivity contribution in [2.24, 2.45) is 0 Å². The Bertz CT molecular complexity index is 2180. The quantitative estimate of drug-likeness (QED) is 0.187. The SMILES string of the molecule is C1=Cc2ccccc2C(=C(c2ccccc2)c2ccc(-c3ccc(N(c4ccccc4)c4cccc5ccccc45)cc3)cc2)C1. The van der Waals surface area contributed by atoms with Crippen molar-refractivity contribution < 1.29 is 0 Å². The smallest absolute Gasteiger partial charge is 0.0540 e. The molecule has 1 heteroatoms. The summed E-state index contributed by atoms with van der Waals surface area (Å²) in [6.45, 7) is 0. The Balaban J connectivity index is 1.17. The van der Waals surface area contributed by atoms with Crippen molar-refractivity contribution in [3.8, 4) is 11.1 Å². The fourth-order valence-corrected chi connectivity index (χ4v) is 6.73. The van der Waals surface area contributed by atoms with Gasteiger partial charge in [0, 0.05) is 16.8 Å². The number of hydrogen-bond acceptors (Lipinski definition) is 1. The topological polar surface area (TPSA) is 3.24 Å². The van der Waals surface area contributed by atoms with Gasteiger partial charge in [-0.2, -0.15) is 0 Å². The zero-order chi connectivity index (χ0) is 30.7. The van der Waals surface area contributed by atoms with E-state index in [1.165, 1.54) is 61.0 Å². The molecular formula is C45H33N. The molecule has 46 heavy (non-hydrogen) atoms. The van der Waals surface area contributed by atoms with Crippen LogP contribution < -0.4 is 4.90 Å². The van der Waals surface area contributed by atoms with Crippen molar-refractivity contribution in [3.63, 3.8) is 0 Å². The first-order valence-corrected chi connectivity index (χ1v) is 15.9. The van der Waals surface area contributed by atoms with Crippen molar-refractivity contribution in [2.75, 3.05) is 4.90 Å². The van der Waals surface area contributed by atoms with Crippen LogP contribution in [0.25, 0.3) is 39.1 Å². The van der Waals surface area contributed by atoms with E-state index < -0.39 is 0 Å². The molecular weight excluding hydrogens is 555 g/mol. The van der Waals surface area contributed by atoms with Gasteiger partial charge in [0.05, 0.1) is 5.69 Å². The predicted octanol–water partition coefficient (Wildman–Crippen LogP) is 12.4. The van der Waals surface area contributed by atoms with Crippen molar-refractivity contribution in [3.05, 3.63) is 204 Å². The average Bonchev–Trinajstić information content (AvgIpc) is 3.14. The van der Waals surface area contributed by atoms with E-state index in [1.807, 2.05) is 0 Å². The maximum atomic E-state index is 2.35. The molecule has 1 aliphatic carbocycles. The lowest BCUT2D eigenvalue weighted by atomic mass is 9.83. The molecule has 0 saturated heterocycles. The zero-order valence-corrected chi connectivity index (χ0v) is 25.6. The average molecular weight is 588 g/mol. The number of hydrogen-bond donors (Lipinski definition) is 0. The van der Waals surface area contributed by atoms with Crippen LogP contribution in [-0.2, 0) is 0 Å². The molecule has 7 aromatic carbocycles. The molecule has 8 rings (SSSR count). The molecule has 0 heterocycles. The van der Waals surface area contributed by atoms with Crippen LogP contribution in [-0.4, -0.2) is 0 Å². The summed E-state index contributed by atoms with van der Waals surface area (Å²) in [5.74, 6) is 0. The van der Waals surface area contributed by atoms with Crippen molar-refractivity contribution in [2.45, 2.75) is 6.42 Å². The molecule has 0 radical (unpaired) electrons. The van der Waals surface area contributed by atoms with Gasteiger partial charge in [0.2, 0.25) is 0 Å². The number of benzene rings is 7. The summed E-state index contributed by atoms with van der Waals surface area (Å²) in [5.41, 5.74) is 13.6. The molecule has 0 fully saturated rings. The fraction of sp³-hybridized carbons (Fsp3) is 0.0222. The molecule has 0 bridgehead atoms. The molecule has 0 spiro atoms. The van der Waals surface area contributed by atoms with Crippen LogP contribution in [0.4, 0.5) is 17.1 Å². The van der Waals surface area contributed by atoms with Crippen LogP contribution >= 0.6 is 0 Å².